The van der Waals surface area contributed by atoms with Crippen molar-refractivity contribution in [1.29, 1.82) is 0 Å². The SMILES string of the molecule is CCCn1c(C)cc(C(=O)CN2C(=O)c3ccccc3CS2(=O)=O)c1C. The first-order valence-corrected chi connectivity index (χ1v) is 10.2. The molecule has 0 spiro atoms. The fourth-order valence-electron chi connectivity index (χ4n) is 3.43. The normalized spacial score (nSPS) is 15.8. The van der Waals surface area contributed by atoms with E-state index in [1.54, 1.807) is 30.3 Å². The van der Waals surface area contributed by atoms with E-state index in [0.717, 1.165) is 24.4 Å². The molecule has 1 amide bonds. The van der Waals surface area contributed by atoms with Gasteiger partial charge < -0.3 is 4.57 Å². The number of Topliss-reactive ketones (excluding diaryl/α,β-unsaturated/α-hetero) is 1. The molecule has 0 saturated carbocycles. The standard InChI is InChI=1S/C19H22N2O4S/c1-4-9-20-13(2)10-17(14(20)3)18(22)11-21-19(23)16-8-6-5-7-15(16)12-26(21,24)25/h5-8,10H,4,9,11-12H2,1-3H3. The molecule has 26 heavy (non-hydrogen) atoms. The molecular weight excluding hydrogens is 352 g/mol. The Bertz CT molecular complexity index is 989. The van der Waals surface area contributed by atoms with Gasteiger partial charge in [-0.3, -0.25) is 9.59 Å². The molecule has 1 aliphatic rings. The average molecular weight is 374 g/mol. The Morgan fingerprint density at radius 1 is 1.19 bits per heavy atom. The van der Waals surface area contributed by atoms with E-state index in [9.17, 15) is 18.0 Å². The van der Waals surface area contributed by atoms with Crippen molar-refractivity contribution < 1.29 is 18.0 Å². The highest BCUT2D eigenvalue weighted by Gasteiger charge is 2.37. The van der Waals surface area contributed by atoms with E-state index in [-0.39, 0.29) is 11.5 Å². The third kappa shape index (κ3) is 3.07. The fourth-order valence-corrected chi connectivity index (χ4v) is 4.89. The summed E-state index contributed by atoms with van der Waals surface area (Å²) >= 11 is 0. The van der Waals surface area contributed by atoms with Crippen LogP contribution in [0.25, 0.3) is 0 Å². The number of amides is 1. The second-order valence-electron chi connectivity index (χ2n) is 6.58. The van der Waals surface area contributed by atoms with Crippen molar-refractivity contribution in [2.75, 3.05) is 6.54 Å². The van der Waals surface area contributed by atoms with Crippen LogP contribution in [-0.2, 0) is 22.3 Å². The van der Waals surface area contributed by atoms with E-state index in [1.807, 2.05) is 18.4 Å². The van der Waals surface area contributed by atoms with Crippen LogP contribution in [0, 0.1) is 13.8 Å². The number of hydrogen-bond donors (Lipinski definition) is 0. The molecule has 0 N–H and O–H groups in total. The van der Waals surface area contributed by atoms with Crippen LogP contribution < -0.4 is 0 Å². The van der Waals surface area contributed by atoms with Gasteiger partial charge >= 0.3 is 0 Å². The number of rotatable bonds is 5. The predicted molar refractivity (Wildman–Crippen MR) is 98.6 cm³/mol. The van der Waals surface area contributed by atoms with Gasteiger partial charge in [0.05, 0.1) is 5.75 Å². The van der Waals surface area contributed by atoms with Crippen LogP contribution in [0.5, 0.6) is 0 Å². The zero-order chi connectivity index (χ0) is 19.1. The van der Waals surface area contributed by atoms with Gasteiger partial charge in [-0.05, 0) is 38.0 Å². The number of fused-ring (bicyclic) bond motifs is 1. The van der Waals surface area contributed by atoms with Crippen LogP contribution in [0.4, 0.5) is 0 Å². The largest absolute Gasteiger partial charge is 0.348 e. The minimum absolute atomic E-state index is 0.267. The molecule has 0 radical (unpaired) electrons. The molecule has 1 aliphatic heterocycles. The second-order valence-corrected chi connectivity index (χ2v) is 8.48. The molecule has 7 heteroatoms. The highest BCUT2D eigenvalue weighted by atomic mass is 32.2. The number of sulfonamides is 1. The predicted octanol–water partition coefficient (Wildman–Crippen LogP) is 2.68. The van der Waals surface area contributed by atoms with E-state index in [2.05, 4.69) is 6.92 Å². The van der Waals surface area contributed by atoms with Gasteiger partial charge in [-0.1, -0.05) is 25.1 Å². The van der Waals surface area contributed by atoms with Gasteiger partial charge in [-0.15, -0.1) is 0 Å². The van der Waals surface area contributed by atoms with Crippen molar-refractivity contribution >= 4 is 21.7 Å². The van der Waals surface area contributed by atoms with Gasteiger partial charge in [-0.2, -0.15) is 0 Å². The zero-order valence-electron chi connectivity index (χ0n) is 15.2. The average Bonchev–Trinajstić information content (AvgIpc) is 2.87. The summed E-state index contributed by atoms with van der Waals surface area (Å²) in [4.78, 5) is 25.4. The Hall–Kier alpha value is -2.41. The molecule has 1 aromatic heterocycles. The van der Waals surface area contributed by atoms with Crippen LogP contribution in [0.15, 0.2) is 30.3 Å². The molecule has 0 atom stereocenters. The quantitative estimate of drug-likeness (QED) is 0.754. The lowest BCUT2D eigenvalue weighted by atomic mass is 10.1. The van der Waals surface area contributed by atoms with Crippen molar-refractivity contribution in [3.8, 4) is 0 Å². The maximum absolute atomic E-state index is 12.8. The Balaban J connectivity index is 1.92. The smallest absolute Gasteiger partial charge is 0.268 e. The molecule has 0 fully saturated rings. The third-order valence-corrected chi connectivity index (χ3v) is 6.40. The Morgan fingerprint density at radius 2 is 1.88 bits per heavy atom. The van der Waals surface area contributed by atoms with E-state index >= 15 is 0 Å². The lowest BCUT2D eigenvalue weighted by molar-refractivity contribution is 0.0806. The van der Waals surface area contributed by atoms with Crippen LogP contribution in [0.3, 0.4) is 0 Å². The number of hydrogen-bond acceptors (Lipinski definition) is 4. The van der Waals surface area contributed by atoms with Crippen molar-refractivity contribution in [3.63, 3.8) is 0 Å². The van der Waals surface area contributed by atoms with Crippen LogP contribution in [-0.4, -0.2) is 35.5 Å². The highest BCUT2D eigenvalue weighted by Crippen LogP contribution is 2.25. The van der Waals surface area contributed by atoms with Crippen molar-refractivity contribution in [2.45, 2.75) is 39.5 Å². The fraction of sp³-hybridized carbons (Fsp3) is 0.368. The molecular formula is C19H22N2O4S. The van der Waals surface area contributed by atoms with E-state index in [1.165, 1.54) is 0 Å². The summed E-state index contributed by atoms with van der Waals surface area (Å²) in [6, 6.07) is 8.37. The second kappa shape index (κ2) is 6.72. The molecule has 0 aliphatic carbocycles. The minimum Gasteiger partial charge on any atom is -0.348 e. The number of nitrogens with zero attached hydrogens (tertiary/aromatic N) is 2. The number of carbonyl (C=O) groups excluding carboxylic acids is 2. The van der Waals surface area contributed by atoms with Gasteiger partial charge in [-0.25, -0.2) is 12.7 Å². The highest BCUT2D eigenvalue weighted by molar-refractivity contribution is 7.89. The summed E-state index contributed by atoms with van der Waals surface area (Å²) in [5, 5.41) is 0. The minimum atomic E-state index is -3.86. The molecule has 2 heterocycles. The molecule has 0 unspecified atom stereocenters. The van der Waals surface area contributed by atoms with E-state index < -0.39 is 22.5 Å². The first kappa shape index (κ1) is 18.4. The van der Waals surface area contributed by atoms with Gasteiger partial charge in [0.25, 0.3) is 5.91 Å². The molecule has 2 aromatic rings. The number of aryl methyl sites for hydroxylation is 1. The Kier molecular flexibility index (Phi) is 4.75. The first-order valence-electron chi connectivity index (χ1n) is 8.59. The maximum atomic E-state index is 12.8. The van der Waals surface area contributed by atoms with Crippen LogP contribution >= 0.6 is 0 Å². The van der Waals surface area contributed by atoms with Crippen molar-refractivity contribution in [3.05, 3.63) is 58.4 Å². The van der Waals surface area contributed by atoms with Gasteiger partial charge in [0, 0.05) is 29.1 Å². The zero-order valence-corrected chi connectivity index (χ0v) is 16.0. The lowest BCUT2D eigenvalue weighted by Crippen LogP contribution is -2.44. The number of carbonyl (C=O) groups is 2. The number of aromatic nitrogens is 1. The van der Waals surface area contributed by atoms with Crippen LogP contribution in [0.2, 0.25) is 0 Å². The van der Waals surface area contributed by atoms with Gasteiger partial charge in [0.1, 0.15) is 6.54 Å². The first-order chi connectivity index (χ1) is 12.3. The topological polar surface area (TPSA) is 76.5 Å². The third-order valence-electron chi connectivity index (χ3n) is 4.76. The molecule has 138 valence electrons. The number of ketones is 1. The van der Waals surface area contributed by atoms with Crippen LogP contribution in [0.1, 0.15) is 51.0 Å². The lowest BCUT2D eigenvalue weighted by Gasteiger charge is -2.27. The monoisotopic (exact) mass is 374 g/mol. The number of benzene rings is 1. The summed E-state index contributed by atoms with van der Waals surface area (Å²) in [6.07, 6.45) is 0.930. The van der Waals surface area contributed by atoms with Crippen molar-refractivity contribution in [1.82, 2.24) is 8.87 Å². The summed E-state index contributed by atoms with van der Waals surface area (Å²) in [5.74, 6) is -1.27. The summed E-state index contributed by atoms with van der Waals surface area (Å²) < 4.78 is 27.8. The summed E-state index contributed by atoms with van der Waals surface area (Å²) in [5.41, 5.74) is 3.04. The van der Waals surface area contributed by atoms with E-state index in [4.69, 9.17) is 0 Å². The molecule has 1 aromatic carbocycles. The molecule has 3 rings (SSSR count). The molecule has 6 nitrogen and oxygen atoms in total. The summed E-state index contributed by atoms with van der Waals surface area (Å²) in [7, 11) is -3.86. The maximum Gasteiger partial charge on any atom is 0.268 e. The Labute approximate surface area is 153 Å². The van der Waals surface area contributed by atoms with E-state index in [0.29, 0.717) is 21.0 Å². The molecule has 0 bridgehead atoms. The van der Waals surface area contributed by atoms with Gasteiger partial charge in [0.15, 0.2) is 5.78 Å². The summed E-state index contributed by atoms with van der Waals surface area (Å²) in [6.45, 7) is 6.14. The molecule has 0 saturated heterocycles. The van der Waals surface area contributed by atoms with Crippen molar-refractivity contribution in [2.24, 2.45) is 0 Å². The van der Waals surface area contributed by atoms with Gasteiger partial charge in [0.2, 0.25) is 10.0 Å². The Morgan fingerprint density at radius 3 is 2.58 bits per heavy atom.